The van der Waals surface area contributed by atoms with Crippen molar-refractivity contribution in [2.75, 3.05) is 5.73 Å². The molecule has 0 aliphatic carbocycles. The number of fused-ring (bicyclic) bond motifs is 1. The Morgan fingerprint density at radius 2 is 1.71 bits per heavy atom. The molecule has 0 fully saturated rings. The van der Waals surface area contributed by atoms with Gasteiger partial charge in [-0.3, -0.25) is 9.97 Å². The number of aryl methyl sites for hydroxylation is 1. The minimum atomic E-state index is -0.559. The van der Waals surface area contributed by atoms with E-state index >= 15 is 0 Å². The highest BCUT2D eigenvalue weighted by molar-refractivity contribution is 5.90. The van der Waals surface area contributed by atoms with Crippen LogP contribution in [0, 0.1) is 18.6 Å². The molecule has 4 heterocycles. The van der Waals surface area contributed by atoms with E-state index in [0.29, 0.717) is 39.5 Å². The standard InChI is InChI=1S/C24H19F2N7O2/c1-13-8-15(9-19(12-34)29-13)20-21(14-2-4-16(25)5-3-14)30-23(27)33-22(20)31-32(24(33)35)11-18-7-6-17(26)10-28-18/h2-10,34H,11-12H2,1H3,(H2,27,30). The van der Waals surface area contributed by atoms with E-state index in [-0.39, 0.29) is 24.7 Å². The summed E-state index contributed by atoms with van der Waals surface area (Å²) in [5.41, 5.74) is 9.28. The lowest BCUT2D eigenvalue weighted by Crippen LogP contribution is -2.24. The summed E-state index contributed by atoms with van der Waals surface area (Å²) in [5.74, 6) is -1.03. The molecule has 35 heavy (non-hydrogen) atoms. The fraction of sp³-hybridized carbons (Fsp3) is 0.125. The van der Waals surface area contributed by atoms with Gasteiger partial charge in [-0.1, -0.05) is 0 Å². The normalized spacial score (nSPS) is 11.3. The van der Waals surface area contributed by atoms with Crippen molar-refractivity contribution in [1.82, 2.24) is 29.1 Å². The number of halogens is 2. The summed E-state index contributed by atoms with van der Waals surface area (Å²) in [6.45, 7) is 1.45. The van der Waals surface area contributed by atoms with Crippen LogP contribution in [-0.4, -0.2) is 34.2 Å². The van der Waals surface area contributed by atoms with E-state index in [4.69, 9.17) is 5.73 Å². The van der Waals surface area contributed by atoms with Crippen molar-refractivity contribution in [3.63, 3.8) is 0 Å². The van der Waals surface area contributed by atoms with Gasteiger partial charge in [-0.25, -0.2) is 27.6 Å². The minimum Gasteiger partial charge on any atom is -0.390 e. The van der Waals surface area contributed by atoms with Crippen LogP contribution in [0.1, 0.15) is 17.1 Å². The minimum absolute atomic E-state index is 0.0250. The van der Waals surface area contributed by atoms with Gasteiger partial charge in [0, 0.05) is 11.3 Å². The Morgan fingerprint density at radius 3 is 2.40 bits per heavy atom. The second kappa shape index (κ2) is 8.69. The Hall–Kier alpha value is -4.51. The van der Waals surface area contributed by atoms with Gasteiger partial charge >= 0.3 is 5.69 Å². The van der Waals surface area contributed by atoms with Crippen LogP contribution in [0.2, 0.25) is 0 Å². The molecule has 0 saturated heterocycles. The number of rotatable bonds is 5. The van der Waals surface area contributed by atoms with E-state index < -0.39 is 17.3 Å². The van der Waals surface area contributed by atoms with Gasteiger partial charge in [0.2, 0.25) is 5.95 Å². The number of hydrogen-bond acceptors (Lipinski definition) is 7. The molecule has 3 N–H and O–H groups in total. The van der Waals surface area contributed by atoms with Gasteiger partial charge in [0.15, 0.2) is 5.65 Å². The smallest absolute Gasteiger partial charge is 0.353 e. The maximum absolute atomic E-state index is 13.6. The molecular weight excluding hydrogens is 456 g/mol. The molecule has 0 spiro atoms. The molecule has 0 amide bonds. The van der Waals surface area contributed by atoms with Crippen LogP contribution in [0.25, 0.3) is 28.0 Å². The van der Waals surface area contributed by atoms with E-state index in [1.165, 1.54) is 28.7 Å². The summed E-state index contributed by atoms with van der Waals surface area (Å²) in [5, 5.41) is 14.2. The number of aromatic nitrogens is 6. The maximum atomic E-state index is 13.6. The highest BCUT2D eigenvalue weighted by atomic mass is 19.1. The van der Waals surface area contributed by atoms with E-state index in [9.17, 15) is 18.7 Å². The quantitative estimate of drug-likeness (QED) is 0.401. The van der Waals surface area contributed by atoms with E-state index in [1.54, 1.807) is 31.2 Å². The molecule has 9 nitrogen and oxygen atoms in total. The molecule has 0 aliphatic heterocycles. The number of aliphatic hydroxyl groups excluding tert-OH is 1. The van der Waals surface area contributed by atoms with Crippen LogP contribution in [-0.2, 0) is 13.2 Å². The van der Waals surface area contributed by atoms with E-state index in [0.717, 1.165) is 10.9 Å². The zero-order valence-electron chi connectivity index (χ0n) is 18.5. The number of anilines is 1. The lowest BCUT2D eigenvalue weighted by atomic mass is 9.99. The lowest BCUT2D eigenvalue weighted by Gasteiger charge is -2.13. The SMILES string of the molecule is Cc1cc(-c2c(-c3ccc(F)cc3)nc(N)n3c(=O)n(Cc4ccc(F)cn4)nc23)cc(CO)n1. The van der Waals surface area contributed by atoms with Gasteiger partial charge in [0.1, 0.15) is 11.6 Å². The Labute approximate surface area is 197 Å². The average Bonchev–Trinajstić information content (AvgIpc) is 3.16. The second-order valence-electron chi connectivity index (χ2n) is 7.91. The summed E-state index contributed by atoms with van der Waals surface area (Å²) >= 11 is 0. The predicted molar refractivity (Wildman–Crippen MR) is 124 cm³/mol. The highest BCUT2D eigenvalue weighted by Gasteiger charge is 2.22. The first-order valence-electron chi connectivity index (χ1n) is 10.6. The third kappa shape index (κ3) is 4.13. The van der Waals surface area contributed by atoms with Crippen LogP contribution < -0.4 is 11.4 Å². The Kier molecular flexibility index (Phi) is 5.53. The van der Waals surface area contributed by atoms with Gasteiger partial charge in [0.25, 0.3) is 0 Å². The number of nitrogen functional groups attached to an aromatic ring is 1. The van der Waals surface area contributed by atoms with Gasteiger partial charge in [0.05, 0.1) is 42.0 Å². The van der Waals surface area contributed by atoms with Crippen molar-refractivity contribution in [2.45, 2.75) is 20.1 Å². The topological polar surface area (TPSA) is 124 Å². The zero-order valence-corrected chi connectivity index (χ0v) is 18.5. The Bertz CT molecular complexity index is 1610. The monoisotopic (exact) mass is 475 g/mol. The average molecular weight is 475 g/mol. The molecule has 0 bridgehead atoms. The second-order valence-corrected chi connectivity index (χ2v) is 7.91. The van der Waals surface area contributed by atoms with Crippen LogP contribution in [0.5, 0.6) is 0 Å². The number of pyridine rings is 2. The van der Waals surface area contributed by atoms with Crippen LogP contribution >= 0.6 is 0 Å². The maximum Gasteiger partial charge on any atom is 0.353 e. The number of aliphatic hydroxyl groups is 1. The fourth-order valence-corrected chi connectivity index (χ4v) is 3.90. The summed E-state index contributed by atoms with van der Waals surface area (Å²) < 4.78 is 29.2. The number of hydrogen-bond donors (Lipinski definition) is 2. The van der Waals surface area contributed by atoms with Gasteiger partial charge in [-0.2, -0.15) is 0 Å². The fourth-order valence-electron chi connectivity index (χ4n) is 3.90. The van der Waals surface area contributed by atoms with Crippen molar-refractivity contribution < 1.29 is 13.9 Å². The Balaban J connectivity index is 1.81. The predicted octanol–water partition coefficient (Wildman–Crippen LogP) is 2.72. The van der Waals surface area contributed by atoms with E-state index in [2.05, 4.69) is 20.1 Å². The molecule has 1 aromatic carbocycles. The molecule has 5 rings (SSSR count). The highest BCUT2D eigenvalue weighted by Crippen LogP contribution is 2.35. The van der Waals surface area contributed by atoms with Crippen LogP contribution in [0.15, 0.2) is 59.5 Å². The van der Waals surface area contributed by atoms with Crippen molar-refractivity contribution in [3.8, 4) is 22.4 Å². The lowest BCUT2D eigenvalue weighted by molar-refractivity contribution is 0.276. The molecule has 0 saturated carbocycles. The van der Waals surface area contributed by atoms with Crippen LogP contribution in [0.4, 0.5) is 14.7 Å². The van der Waals surface area contributed by atoms with Crippen molar-refractivity contribution in [2.24, 2.45) is 0 Å². The number of benzene rings is 1. The van der Waals surface area contributed by atoms with Gasteiger partial charge < -0.3 is 10.8 Å². The van der Waals surface area contributed by atoms with Crippen molar-refractivity contribution in [1.29, 1.82) is 0 Å². The number of nitrogens with two attached hydrogens (primary N) is 1. The molecule has 176 valence electrons. The molecular formula is C24H19F2N7O2. The first-order chi connectivity index (χ1) is 16.8. The van der Waals surface area contributed by atoms with Crippen molar-refractivity contribution >= 4 is 11.6 Å². The van der Waals surface area contributed by atoms with Gasteiger partial charge in [-0.15, -0.1) is 5.10 Å². The van der Waals surface area contributed by atoms with Crippen molar-refractivity contribution in [3.05, 3.63) is 93.9 Å². The zero-order chi connectivity index (χ0) is 24.7. The summed E-state index contributed by atoms with van der Waals surface area (Å²) in [4.78, 5) is 26.0. The molecule has 5 aromatic rings. The largest absolute Gasteiger partial charge is 0.390 e. The summed E-state index contributed by atoms with van der Waals surface area (Å²) in [6.07, 6.45) is 1.06. The molecule has 11 heteroatoms. The summed E-state index contributed by atoms with van der Waals surface area (Å²) in [7, 11) is 0. The molecule has 0 aliphatic rings. The molecule has 0 unspecified atom stereocenters. The summed E-state index contributed by atoms with van der Waals surface area (Å²) in [6, 6.07) is 11.8. The molecule has 4 aromatic heterocycles. The first-order valence-corrected chi connectivity index (χ1v) is 10.6. The first kappa shape index (κ1) is 22.3. The van der Waals surface area contributed by atoms with Gasteiger partial charge in [-0.05, 0) is 61.0 Å². The van der Waals surface area contributed by atoms with Crippen LogP contribution in [0.3, 0.4) is 0 Å². The van der Waals surface area contributed by atoms with E-state index in [1.807, 2.05) is 0 Å². The molecule has 0 atom stereocenters. The third-order valence-corrected chi connectivity index (χ3v) is 5.43. The number of nitrogens with zero attached hydrogens (tertiary/aromatic N) is 6. The molecule has 0 radical (unpaired) electrons. The Morgan fingerprint density at radius 1 is 0.971 bits per heavy atom. The third-order valence-electron chi connectivity index (χ3n) is 5.43.